The molecular formula is C19H21N3O3S2. The summed E-state index contributed by atoms with van der Waals surface area (Å²) in [6.45, 7) is 3.55. The number of thiazole rings is 1. The quantitative estimate of drug-likeness (QED) is 0.582. The van der Waals surface area contributed by atoms with Crippen molar-refractivity contribution < 1.29 is 14.3 Å². The first kappa shape index (κ1) is 19.3. The Morgan fingerprint density at radius 2 is 1.85 bits per heavy atom. The highest BCUT2D eigenvalue weighted by atomic mass is 32.1. The normalized spacial score (nSPS) is 11.0. The second-order valence-corrected chi connectivity index (χ2v) is 8.48. The van der Waals surface area contributed by atoms with Gasteiger partial charge in [-0.05, 0) is 32.0 Å². The smallest absolute Gasteiger partial charge is 0.348 e. The van der Waals surface area contributed by atoms with E-state index < -0.39 is 5.97 Å². The Morgan fingerprint density at radius 1 is 1.15 bits per heavy atom. The van der Waals surface area contributed by atoms with E-state index >= 15 is 0 Å². The lowest BCUT2D eigenvalue weighted by Crippen LogP contribution is -2.39. The van der Waals surface area contributed by atoms with E-state index in [0.29, 0.717) is 4.88 Å². The zero-order chi connectivity index (χ0) is 19.6. The van der Waals surface area contributed by atoms with Crippen LogP contribution in [0.1, 0.15) is 23.5 Å². The van der Waals surface area contributed by atoms with Crippen LogP contribution in [-0.2, 0) is 9.53 Å². The molecule has 0 aliphatic heterocycles. The highest BCUT2D eigenvalue weighted by Crippen LogP contribution is 2.34. The molecule has 0 aliphatic rings. The van der Waals surface area contributed by atoms with Crippen molar-refractivity contribution in [1.29, 1.82) is 0 Å². The molecule has 0 saturated heterocycles. The van der Waals surface area contributed by atoms with Gasteiger partial charge in [0, 0.05) is 25.8 Å². The fourth-order valence-electron chi connectivity index (χ4n) is 2.60. The molecule has 0 unspecified atom stereocenters. The summed E-state index contributed by atoms with van der Waals surface area (Å²) in [7, 11) is 3.85. The summed E-state index contributed by atoms with van der Waals surface area (Å²) in [6.07, 6.45) is 0. The van der Waals surface area contributed by atoms with E-state index in [1.165, 1.54) is 22.7 Å². The first-order chi connectivity index (χ1) is 12.9. The molecule has 0 saturated carbocycles. The number of benzene rings is 1. The van der Waals surface area contributed by atoms with Gasteiger partial charge in [-0.1, -0.05) is 29.5 Å². The summed E-state index contributed by atoms with van der Waals surface area (Å²) in [5.41, 5.74) is 0.783. The minimum atomic E-state index is -0.498. The van der Waals surface area contributed by atoms with E-state index in [2.05, 4.69) is 4.98 Å². The average Bonchev–Trinajstić information content (AvgIpc) is 3.19. The number of hydrogen-bond acceptors (Lipinski definition) is 7. The van der Waals surface area contributed by atoms with Crippen LogP contribution in [0.5, 0.6) is 0 Å². The summed E-state index contributed by atoms with van der Waals surface area (Å²) in [6, 6.07) is 11.1. The summed E-state index contributed by atoms with van der Waals surface area (Å²) in [5.74, 6) is -0.752. The van der Waals surface area contributed by atoms with Gasteiger partial charge >= 0.3 is 5.97 Å². The molecule has 0 bridgehead atoms. The number of hydrogen-bond donors (Lipinski definition) is 0. The average molecular weight is 404 g/mol. The molecule has 142 valence electrons. The molecule has 6 nitrogen and oxygen atoms in total. The molecule has 0 aliphatic carbocycles. The van der Waals surface area contributed by atoms with Gasteiger partial charge in [-0.3, -0.25) is 4.79 Å². The predicted octanol–water partition coefficient (Wildman–Crippen LogP) is 4.02. The largest absolute Gasteiger partial charge is 0.451 e. The van der Waals surface area contributed by atoms with E-state index in [-0.39, 0.29) is 18.6 Å². The van der Waals surface area contributed by atoms with Crippen LogP contribution >= 0.6 is 22.7 Å². The number of amides is 1. The van der Waals surface area contributed by atoms with Crippen molar-refractivity contribution in [2.24, 2.45) is 0 Å². The number of rotatable bonds is 6. The summed E-state index contributed by atoms with van der Waals surface area (Å²) in [4.78, 5) is 34.2. The zero-order valence-electron chi connectivity index (χ0n) is 15.6. The lowest BCUT2D eigenvalue weighted by atomic mass is 10.2. The molecule has 2 heterocycles. The SMILES string of the molecule is CC(C)N(C(=O)COC(=O)c1cc2sc(N(C)C)nc2s1)c1ccccc1. The van der Waals surface area contributed by atoms with Gasteiger partial charge in [0.2, 0.25) is 0 Å². The standard InChI is InChI=1S/C19H21N3O3S2/c1-12(2)22(13-8-6-5-7-9-13)16(23)11-25-18(24)15-10-14-17(26-15)20-19(27-14)21(3)4/h5-10,12H,11H2,1-4H3. The number of aromatic nitrogens is 1. The van der Waals surface area contributed by atoms with Crippen LogP contribution < -0.4 is 9.80 Å². The summed E-state index contributed by atoms with van der Waals surface area (Å²) < 4.78 is 6.21. The molecule has 0 fully saturated rings. The highest BCUT2D eigenvalue weighted by Gasteiger charge is 2.22. The zero-order valence-corrected chi connectivity index (χ0v) is 17.3. The van der Waals surface area contributed by atoms with Crippen LogP contribution in [0.4, 0.5) is 10.8 Å². The lowest BCUT2D eigenvalue weighted by Gasteiger charge is -2.26. The summed E-state index contributed by atoms with van der Waals surface area (Å²) in [5, 5.41) is 0.891. The van der Waals surface area contributed by atoms with Crippen LogP contribution in [0.15, 0.2) is 36.4 Å². The topological polar surface area (TPSA) is 62.7 Å². The van der Waals surface area contributed by atoms with Crippen molar-refractivity contribution in [3.05, 3.63) is 41.3 Å². The monoisotopic (exact) mass is 403 g/mol. The molecule has 0 atom stereocenters. The molecule has 27 heavy (non-hydrogen) atoms. The third kappa shape index (κ3) is 4.28. The van der Waals surface area contributed by atoms with Crippen molar-refractivity contribution >= 4 is 54.9 Å². The van der Waals surface area contributed by atoms with Crippen molar-refractivity contribution in [2.75, 3.05) is 30.5 Å². The van der Waals surface area contributed by atoms with Gasteiger partial charge in [0.1, 0.15) is 9.71 Å². The Bertz CT molecular complexity index is 916. The van der Waals surface area contributed by atoms with Gasteiger partial charge in [0.15, 0.2) is 11.7 Å². The van der Waals surface area contributed by atoms with Gasteiger partial charge in [-0.15, -0.1) is 11.3 Å². The first-order valence-electron chi connectivity index (χ1n) is 8.48. The van der Waals surface area contributed by atoms with Crippen molar-refractivity contribution in [1.82, 2.24) is 4.98 Å². The second-order valence-electron chi connectivity index (χ2n) is 6.44. The molecule has 0 N–H and O–H groups in total. The summed E-state index contributed by atoms with van der Waals surface area (Å²) >= 11 is 2.80. The molecule has 3 aromatic rings. The van der Waals surface area contributed by atoms with Crippen LogP contribution in [0.2, 0.25) is 0 Å². The van der Waals surface area contributed by atoms with Gasteiger partial charge in [0.05, 0.1) is 4.70 Å². The third-order valence-electron chi connectivity index (χ3n) is 3.81. The van der Waals surface area contributed by atoms with E-state index in [1.807, 2.05) is 63.2 Å². The van der Waals surface area contributed by atoms with Crippen LogP contribution in [0.3, 0.4) is 0 Å². The maximum Gasteiger partial charge on any atom is 0.348 e. The van der Waals surface area contributed by atoms with Crippen molar-refractivity contribution in [3.8, 4) is 0 Å². The fraction of sp³-hybridized carbons (Fsp3) is 0.316. The van der Waals surface area contributed by atoms with Gasteiger partial charge < -0.3 is 14.5 Å². The number of anilines is 2. The van der Waals surface area contributed by atoms with E-state index in [9.17, 15) is 9.59 Å². The van der Waals surface area contributed by atoms with Crippen LogP contribution in [-0.4, -0.2) is 43.6 Å². The number of carbonyl (C=O) groups excluding carboxylic acids is 2. The van der Waals surface area contributed by atoms with E-state index in [1.54, 1.807) is 11.0 Å². The number of para-hydroxylation sites is 1. The molecule has 1 aromatic carbocycles. The molecule has 1 amide bonds. The van der Waals surface area contributed by atoms with Gasteiger partial charge in [0.25, 0.3) is 5.91 Å². The Morgan fingerprint density at radius 3 is 2.44 bits per heavy atom. The first-order valence-corrected chi connectivity index (χ1v) is 10.1. The molecular weight excluding hydrogens is 382 g/mol. The number of esters is 1. The van der Waals surface area contributed by atoms with Crippen LogP contribution in [0, 0.1) is 0 Å². The van der Waals surface area contributed by atoms with Crippen molar-refractivity contribution in [2.45, 2.75) is 19.9 Å². The maximum atomic E-state index is 12.6. The van der Waals surface area contributed by atoms with E-state index in [4.69, 9.17) is 4.74 Å². The molecule has 8 heteroatoms. The highest BCUT2D eigenvalue weighted by molar-refractivity contribution is 7.29. The Balaban J connectivity index is 1.67. The molecule has 2 aromatic heterocycles. The van der Waals surface area contributed by atoms with Crippen LogP contribution in [0.25, 0.3) is 9.53 Å². The third-order valence-corrected chi connectivity index (χ3v) is 6.12. The number of ether oxygens (including phenoxy) is 1. The van der Waals surface area contributed by atoms with Gasteiger partial charge in [-0.2, -0.15) is 0 Å². The second kappa shape index (κ2) is 8.06. The Hall–Kier alpha value is -2.45. The van der Waals surface area contributed by atoms with Gasteiger partial charge in [-0.25, -0.2) is 9.78 Å². The van der Waals surface area contributed by atoms with Crippen molar-refractivity contribution in [3.63, 3.8) is 0 Å². The predicted molar refractivity (Wildman–Crippen MR) is 111 cm³/mol. The maximum absolute atomic E-state index is 12.6. The number of thiophene rings is 1. The molecule has 3 rings (SSSR count). The fourth-order valence-corrected chi connectivity index (χ4v) is 4.63. The number of fused-ring (bicyclic) bond motifs is 1. The van der Waals surface area contributed by atoms with E-state index in [0.717, 1.165) is 20.3 Å². The Labute approximate surface area is 166 Å². The molecule has 0 radical (unpaired) electrons. The minimum Gasteiger partial charge on any atom is -0.451 e. The number of carbonyl (C=O) groups is 2. The lowest BCUT2D eigenvalue weighted by molar-refractivity contribution is -0.122. The number of nitrogens with zero attached hydrogens (tertiary/aromatic N) is 3. The minimum absolute atomic E-state index is 0.0423. The molecule has 0 spiro atoms. The Kier molecular flexibility index (Phi) is 5.76.